The van der Waals surface area contributed by atoms with E-state index < -0.39 is 0 Å². The molecule has 0 aliphatic carbocycles. The normalized spacial score (nSPS) is 13.1. The molecule has 4 nitrogen and oxygen atoms in total. The third-order valence-corrected chi connectivity index (χ3v) is 4.38. The Morgan fingerprint density at radius 2 is 1.96 bits per heavy atom. The number of aliphatic hydroxyl groups excluding tert-OH is 1. The van der Waals surface area contributed by atoms with Crippen LogP contribution in [-0.4, -0.2) is 29.7 Å². The summed E-state index contributed by atoms with van der Waals surface area (Å²) in [6.45, 7) is 2.69. The van der Waals surface area contributed by atoms with Gasteiger partial charge in [-0.25, -0.2) is 0 Å². The quantitative estimate of drug-likeness (QED) is 0.744. The number of hydrogen-bond acceptors (Lipinski definition) is 4. The van der Waals surface area contributed by atoms with E-state index >= 15 is 0 Å². The lowest BCUT2D eigenvalue weighted by Crippen LogP contribution is -2.31. The van der Waals surface area contributed by atoms with E-state index in [4.69, 9.17) is 16.0 Å². The van der Waals surface area contributed by atoms with Crippen LogP contribution in [0.25, 0.3) is 21.9 Å². The molecule has 1 heterocycles. The van der Waals surface area contributed by atoms with Crippen LogP contribution in [-0.2, 0) is 6.54 Å². The molecule has 0 bridgehead atoms. The molecule has 0 radical (unpaired) electrons. The van der Waals surface area contributed by atoms with E-state index in [0.29, 0.717) is 33.5 Å². The van der Waals surface area contributed by atoms with Crippen LogP contribution in [0, 0.1) is 0 Å². The fraction of sp³-hybridized carbons (Fsp3) is 0.278. The first-order valence-electron chi connectivity index (χ1n) is 7.45. The summed E-state index contributed by atoms with van der Waals surface area (Å²) < 4.78 is 5.80. The maximum absolute atomic E-state index is 12.7. The van der Waals surface area contributed by atoms with E-state index in [0.717, 1.165) is 5.56 Å². The second-order valence-electron chi connectivity index (χ2n) is 5.85. The van der Waals surface area contributed by atoms with Crippen molar-refractivity contribution in [3.05, 3.63) is 57.2 Å². The number of likely N-dealkylation sites (N-methyl/N-ethyl adjacent to an activating group) is 1. The third kappa shape index (κ3) is 3.11. The Kier molecular flexibility index (Phi) is 4.39. The van der Waals surface area contributed by atoms with Gasteiger partial charge in [-0.2, -0.15) is 0 Å². The molecule has 5 heteroatoms. The molecule has 0 saturated carbocycles. The molecule has 0 spiro atoms. The molecular formula is C18H18ClNO3. The SMILES string of the molecule is C[C@H](CO)N(C)Cc1ccc2oc3cc(Cl)ccc3c(=O)c2c1. The molecule has 0 fully saturated rings. The average Bonchev–Trinajstić information content (AvgIpc) is 2.54. The second kappa shape index (κ2) is 6.32. The van der Waals surface area contributed by atoms with E-state index in [2.05, 4.69) is 0 Å². The Bertz CT molecular complexity index is 919. The Labute approximate surface area is 138 Å². The van der Waals surface area contributed by atoms with Crippen LogP contribution in [0.3, 0.4) is 0 Å². The molecule has 1 aromatic heterocycles. The van der Waals surface area contributed by atoms with Crippen molar-refractivity contribution < 1.29 is 9.52 Å². The second-order valence-corrected chi connectivity index (χ2v) is 6.29. The van der Waals surface area contributed by atoms with Crippen molar-refractivity contribution in [2.24, 2.45) is 0 Å². The summed E-state index contributed by atoms with van der Waals surface area (Å²) in [4.78, 5) is 14.7. The van der Waals surface area contributed by atoms with Gasteiger partial charge in [-0.1, -0.05) is 17.7 Å². The molecule has 0 unspecified atom stereocenters. The highest BCUT2D eigenvalue weighted by molar-refractivity contribution is 6.31. The molecule has 2 aromatic carbocycles. The molecule has 0 saturated heterocycles. The van der Waals surface area contributed by atoms with E-state index in [-0.39, 0.29) is 18.1 Å². The Morgan fingerprint density at radius 1 is 1.17 bits per heavy atom. The largest absolute Gasteiger partial charge is 0.456 e. The summed E-state index contributed by atoms with van der Waals surface area (Å²) in [5, 5.41) is 10.8. The zero-order valence-corrected chi connectivity index (χ0v) is 13.8. The summed E-state index contributed by atoms with van der Waals surface area (Å²) >= 11 is 5.96. The van der Waals surface area contributed by atoms with Crippen molar-refractivity contribution in [2.45, 2.75) is 19.5 Å². The zero-order chi connectivity index (χ0) is 16.6. The zero-order valence-electron chi connectivity index (χ0n) is 13.0. The first-order valence-corrected chi connectivity index (χ1v) is 7.83. The Balaban J connectivity index is 2.09. The Hall–Kier alpha value is -1.88. The van der Waals surface area contributed by atoms with Gasteiger partial charge >= 0.3 is 0 Å². The van der Waals surface area contributed by atoms with E-state index in [1.54, 1.807) is 18.2 Å². The summed E-state index contributed by atoms with van der Waals surface area (Å²) in [6.07, 6.45) is 0. The maximum Gasteiger partial charge on any atom is 0.200 e. The first kappa shape index (κ1) is 16.0. The molecule has 120 valence electrons. The summed E-state index contributed by atoms with van der Waals surface area (Å²) in [7, 11) is 1.94. The van der Waals surface area contributed by atoms with E-state index in [1.165, 1.54) is 0 Å². The van der Waals surface area contributed by atoms with Crippen molar-refractivity contribution in [3.8, 4) is 0 Å². The van der Waals surface area contributed by atoms with Gasteiger partial charge in [-0.05, 0) is 43.8 Å². The van der Waals surface area contributed by atoms with Crippen LogP contribution in [0.2, 0.25) is 5.02 Å². The van der Waals surface area contributed by atoms with E-state index in [9.17, 15) is 9.90 Å². The standard InChI is InChI=1S/C18H18ClNO3/c1-11(10-21)20(2)9-12-3-6-16-15(7-12)18(22)14-5-4-13(19)8-17(14)23-16/h3-8,11,21H,9-10H2,1-2H3/t11-/m1/s1. The van der Waals surface area contributed by atoms with Crippen LogP contribution in [0.15, 0.2) is 45.6 Å². The van der Waals surface area contributed by atoms with Crippen LogP contribution in [0.4, 0.5) is 0 Å². The molecule has 0 amide bonds. The number of fused-ring (bicyclic) bond motifs is 2. The monoisotopic (exact) mass is 331 g/mol. The van der Waals surface area contributed by atoms with Crippen molar-refractivity contribution >= 4 is 33.5 Å². The summed E-state index contributed by atoms with van der Waals surface area (Å²) in [6, 6.07) is 10.7. The van der Waals surface area contributed by atoms with Crippen molar-refractivity contribution in [1.82, 2.24) is 4.90 Å². The lowest BCUT2D eigenvalue weighted by atomic mass is 10.1. The highest BCUT2D eigenvalue weighted by atomic mass is 35.5. The van der Waals surface area contributed by atoms with Crippen molar-refractivity contribution in [2.75, 3.05) is 13.7 Å². The van der Waals surface area contributed by atoms with Crippen molar-refractivity contribution in [3.63, 3.8) is 0 Å². The lowest BCUT2D eigenvalue weighted by molar-refractivity contribution is 0.154. The fourth-order valence-electron chi connectivity index (χ4n) is 2.56. The number of hydrogen-bond donors (Lipinski definition) is 1. The third-order valence-electron chi connectivity index (χ3n) is 4.15. The first-order chi connectivity index (χ1) is 11.0. The minimum absolute atomic E-state index is 0.0563. The number of aliphatic hydroxyl groups is 1. The molecule has 23 heavy (non-hydrogen) atoms. The molecule has 3 aromatic rings. The minimum Gasteiger partial charge on any atom is -0.456 e. The van der Waals surface area contributed by atoms with Gasteiger partial charge in [0.25, 0.3) is 0 Å². The van der Waals surface area contributed by atoms with Gasteiger partial charge in [0, 0.05) is 23.7 Å². The molecule has 3 rings (SSSR count). The van der Waals surface area contributed by atoms with Gasteiger partial charge in [-0.3, -0.25) is 9.69 Å². The average molecular weight is 332 g/mol. The van der Waals surface area contributed by atoms with Crippen LogP contribution >= 0.6 is 11.6 Å². The highest BCUT2D eigenvalue weighted by Gasteiger charge is 2.12. The number of rotatable bonds is 4. The smallest absolute Gasteiger partial charge is 0.200 e. The summed E-state index contributed by atoms with van der Waals surface area (Å²) in [5.74, 6) is 0. The predicted octanol–water partition coefficient (Wildman–Crippen LogP) is 3.41. The molecule has 0 aliphatic heterocycles. The van der Waals surface area contributed by atoms with Crippen LogP contribution in [0.5, 0.6) is 0 Å². The number of nitrogens with zero attached hydrogens (tertiary/aromatic N) is 1. The molecule has 1 atom stereocenters. The van der Waals surface area contributed by atoms with Gasteiger partial charge in [-0.15, -0.1) is 0 Å². The number of halogens is 1. The predicted molar refractivity (Wildman–Crippen MR) is 93.0 cm³/mol. The maximum atomic E-state index is 12.7. The van der Waals surface area contributed by atoms with Crippen molar-refractivity contribution in [1.29, 1.82) is 0 Å². The van der Waals surface area contributed by atoms with Gasteiger partial charge in [0.15, 0.2) is 0 Å². The molecular weight excluding hydrogens is 314 g/mol. The fourth-order valence-corrected chi connectivity index (χ4v) is 2.72. The van der Waals surface area contributed by atoms with Crippen LogP contribution < -0.4 is 5.43 Å². The minimum atomic E-state index is -0.0578. The van der Waals surface area contributed by atoms with E-state index in [1.807, 2.05) is 37.1 Å². The number of benzene rings is 2. The highest BCUT2D eigenvalue weighted by Crippen LogP contribution is 2.23. The summed E-state index contributed by atoms with van der Waals surface area (Å²) in [5.41, 5.74) is 1.98. The van der Waals surface area contributed by atoms with Gasteiger partial charge in [0.1, 0.15) is 11.2 Å². The van der Waals surface area contributed by atoms with Crippen LogP contribution in [0.1, 0.15) is 12.5 Å². The van der Waals surface area contributed by atoms with Gasteiger partial charge in [0.2, 0.25) is 5.43 Å². The van der Waals surface area contributed by atoms with Gasteiger partial charge < -0.3 is 9.52 Å². The Morgan fingerprint density at radius 3 is 2.70 bits per heavy atom. The molecule has 0 aliphatic rings. The lowest BCUT2D eigenvalue weighted by Gasteiger charge is -2.22. The molecule has 1 N–H and O–H groups in total. The van der Waals surface area contributed by atoms with Gasteiger partial charge in [0.05, 0.1) is 17.4 Å². The topological polar surface area (TPSA) is 53.7 Å².